The number of amides is 1. The molecule has 1 aromatic carbocycles. The van der Waals surface area contributed by atoms with E-state index in [1.807, 2.05) is 6.26 Å². The van der Waals surface area contributed by atoms with Crippen LogP contribution in [0, 0.1) is 11.2 Å². The van der Waals surface area contributed by atoms with Crippen LogP contribution in [0.3, 0.4) is 0 Å². The van der Waals surface area contributed by atoms with Crippen LogP contribution in [0.15, 0.2) is 34.0 Å². The molecule has 0 bridgehead atoms. The summed E-state index contributed by atoms with van der Waals surface area (Å²) in [7, 11) is 0. The van der Waals surface area contributed by atoms with Crippen molar-refractivity contribution in [3.8, 4) is 22.7 Å². The van der Waals surface area contributed by atoms with Gasteiger partial charge in [-0.15, -0.1) is 0 Å². The second kappa shape index (κ2) is 8.24. The van der Waals surface area contributed by atoms with Crippen LogP contribution in [0.4, 0.5) is 10.1 Å². The molecule has 1 fully saturated rings. The molecule has 1 amide bonds. The van der Waals surface area contributed by atoms with E-state index in [2.05, 4.69) is 20.3 Å². The average Bonchev–Trinajstić information content (AvgIpc) is 3.48. The second-order valence-electron chi connectivity index (χ2n) is 8.45. The highest BCUT2D eigenvalue weighted by atomic mass is 35.5. The van der Waals surface area contributed by atoms with E-state index in [4.69, 9.17) is 16.0 Å². The van der Waals surface area contributed by atoms with Crippen molar-refractivity contribution in [1.82, 2.24) is 15.0 Å². The molecule has 2 aromatic heterocycles. The number of oxazole rings is 1. The molecule has 2 heterocycles. The van der Waals surface area contributed by atoms with E-state index >= 15 is 4.39 Å². The van der Waals surface area contributed by atoms with Gasteiger partial charge < -0.3 is 9.73 Å². The molecule has 0 spiro atoms. The fourth-order valence-electron chi connectivity index (χ4n) is 2.93. The van der Waals surface area contributed by atoms with E-state index in [9.17, 15) is 4.79 Å². The maximum Gasteiger partial charge on any atom is 0.229 e. The average molecular weight is 461 g/mol. The molecule has 0 aliphatic heterocycles. The lowest BCUT2D eigenvalue weighted by molar-refractivity contribution is -0.123. The predicted molar refractivity (Wildman–Crippen MR) is 120 cm³/mol. The molecule has 6 nitrogen and oxygen atoms in total. The largest absolute Gasteiger partial charge is 0.438 e. The third-order valence-electron chi connectivity index (χ3n) is 4.84. The molecule has 1 N–H and O–H groups in total. The number of anilines is 1. The molecular weight excluding hydrogens is 439 g/mol. The summed E-state index contributed by atoms with van der Waals surface area (Å²) < 4.78 is 21.6. The molecule has 1 aliphatic rings. The SMILES string of the molecule is CSc1nccc(-c2oc(C3CC3)nc2-c2cc(Cl)cc(NC(=O)C(C)(C)C)c2F)n1. The molecule has 9 heteroatoms. The second-order valence-corrected chi connectivity index (χ2v) is 9.66. The molecule has 0 radical (unpaired) electrons. The lowest BCUT2D eigenvalue weighted by Gasteiger charge is -2.18. The normalized spacial score (nSPS) is 14.0. The fourth-order valence-corrected chi connectivity index (χ4v) is 3.50. The monoisotopic (exact) mass is 460 g/mol. The highest BCUT2D eigenvalue weighted by molar-refractivity contribution is 7.98. The van der Waals surface area contributed by atoms with Gasteiger partial charge in [0.1, 0.15) is 11.4 Å². The predicted octanol–water partition coefficient (Wildman–Crippen LogP) is 6.18. The molecule has 0 saturated heterocycles. The Hall–Kier alpha value is -2.45. The Bertz CT molecular complexity index is 1150. The number of carbonyl (C=O) groups excluding carboxylic acids is 1. The van der Waals surface area contributed by atoms with Gasteiger partial charge in [-0.1, -0.05) is 44.1 Å². The molecule has 3 aromatic rings. The van der Waals surface area contributed by atoms with Crippen LogP contribution in [0.1, 0.15) is 45.4 Å². The number of carbonyl (C=O) groups is 1. The summed E-state index contributed by atoms with van der Waals surface area (Å²) in [5, 5.41) is 3.48. The maximum atomic E-state index is 15.6. The summed E-state index contributed by atoms with van der Waals surface area (Å²) in [5.41, 5.74) is 0.262. The Labute approximate surface area is 189 Å². The number of rotatable bonds is 5. The number of benzene rings is 1. The molecular formula is C22H22ClFN4O2S. The van der Waals surface area contributed by atoms with Gasteiger partial charge in [0, 0.05) is 28.1 Å². The van der Waals surface area contributed by atoms with Crippen molar-refractivity contribution < 1.29 is 13.6 Å². The van der Waals surface area contributed by atoms with Crippen LogP contribution in [0.25, 0.3) is 22.7 Å². The summed E-state index contributed by atoms with van der Waals surface area (Å²) in [6.45, 7) is 5.26. The van der Waals surface area contributed by atoms with E-state index in [0.717, 1.165) is 12.8 Å². The first-order valence-corrected chi connectivity index (χ1v) is 11.5. The number of hydrogen-bond acceptors (Lipinski definition) is 6. The topological polar surface area (TPSA) is 80.9 Å². The number of nitrogens with one attached hydrogen (secondary N) is 1. The van der Waals surface area contributed by atoms with Crippen LogP contribution in [0.5, 0.6) is 0 Å². The van der Waals surface area contributed by atoms with E-state index in [1.54, 1.807) is 33.0 Å². The van der Waals surface area contributed by atoms with Crippen LogP contribution >= 0.6 is 23.4 Å². The first-order valence-electron chi connectivity index (χ1n) is 9.86. The standard InChI is InChI=1S/C22H22ClFN4O2S/c1-22(2,3)20(29)26-15-10-12(23)9-13(16(15)24)17-18(30-19(28-17)11-5-6-11)14-7-8-25-21(27-14)31-4/h7-11H,5-6H2,1-4H3,(H,26,29). The number of aromatic nitrogens is 3. The Balaban J connectivity index is 1.85. The summed E-state index contributed by atoms with van der Waals surface area (Å²) in [6.07, 6.45) is 5.45. The molecule has 0 atom stereocenters. The minimum atomic E-state index is -0.692. The van der Waals surface area contributed by atoms with E-state index in [-0.39, 0.29) is 28.1 Å². The van der Waals surface area contributed by atoms with E-state index in [0.29, 0.717) is 28.2 Å². The van der Waals surface area contributed by atoms with Gasteiger partial charge in [-0.3, -0.25) is 4.79 Å². The minimum absolute atomic E-state index is 0.00293. The molecule has 1 aliphatic carbocycles. The van der Waals surface area contributed by atoms with Crippen molar-refractivity contribution in [2.24, 2.45) is 5.41 Å². The van der Waals surface area contributed by atoms with Gasteiger partial charge in [-0.05, 0) is 37.3 Å². The van der Waals surface area contributed by atoms with Crippen LogP contribution in [-0.4, -0.2) is 27.1 Å². The van der Waals surface area contributed by atoms with Crippen LogP contribution in [0.2, 0.25) is 5.02 Å². The zero-order chi connectivity index (χ0) is 22.3. The van der Waals surface area contributed by atoms with Crippen LogP contribution in [-0.2, 0) is 4.79 Å². The quantitative estimate of drug-likeness (QED) is 0.362. The Kier molecular flexibility index (Phi) is 5.79. The summed E-state index contributed by atoms with van der Waals surface area (Å²) in [5.74, 6) is 0.177. The highest BCUT2D eigenvalue weighted by Crippen LogP contribution is 2.44. The summed E-state index contributed by atoms with van der Waals surface area (Å²) in [4.78, 5) is 25.7. The molecule has 1 saturated carbocycles. The van der Waals surface area contributed by atoms with Gasteiger partial charge in [-0.25, -0.2) is 19.3 Å². The zero-order valence-corrected chi connectivity index (χ0v) is 19.2. The first kappa shape index (κ1) is 21.8. The van der Waals surface area contributed by atoms with Crippen LogP contribution < -0.4 is 5.32 Å². The lowest BCUT2D eigenvalue weighted by atomic mass is 9.95. The van der Waals surface area contributed by atoms with Crippen molar-refractivity contribution in [3.05, 3.63) is 41.1 Å². The minimum Gasteiger partial charge on any atom is -0.438 e. The highest BCUT2D eigenvalue weighted by Gasteiger charge is 2.32. The smallest absolute Gasteiger partial charge is 0.229 e. The van der Waals surface area contributed by atoms with E-state index < -0.39 is 11.2 Å². The van der Waals surface area contributed by atoms with Crippen molar-refractivity contribution >= 4 is 35.0 Å². The van der Waals surface area contributed by atoms with Gasteiger partial charge in [0.15, 0.2) is 22.6 Å². The first-order chi connectivity index (χ1) is 14.7. The molecule has 162 valence electrons. The molecule has 31 heavy (non-hydrogen) atoms. The zero-order valence-electron chi connectivity index (χ0n) is 17.6. The van der Waals surface area contributed by atoms with Gasteiger partial charge in [-0.2, -0.15) is 0 Å². The molecule has 4 rings (SSSR count). The number of nitrogens with zero attached hydrogens (tertiary/aromatic N) is 3. The van der Waals surface area contributed by atoms with Gasteiger partial charge in [0.25, 0.3) is 0 Å². The van der Waals surface area contributed by atoms with Gasteiger partial charge in [0.2, 0.25) is 5.91 Å². The number of halogens is 2. The van der Waals surface area contributed by atoms with Crippen molar-refractivity contribution in [3.63, 3.8) is 0 Å². The Morgan fingerprint density at radius 3 is 2.68 bits per heavy atom. The number of hydrogen-bond donors (Lipinski definition) is 1. The maximum absolute atomic E-state index is 15.6. The third kappa shape index (κ3) is 4.60. The van der Waals surface area contributed by atoms with Crippen molar-refractivity contribution in [1.29, 1.82) is 0 Å². The third-order valence-corrected chi connectivity index (χ3v) is 5.62. The van der Waals surface area contributed by atoms with E-state index in [1.165, 1.54) is 23.9 Å². The fraction of sp³-hybridized carbons (Fsp3) is 0.364. The van der Waals surface area contributed by atoms with Gasteiger partial charge >= 0.3 is 0 Å². The van der Waals surface area contributed by atoms with Crippen molar-refractivity contribution in [2.45, 2.75) is 44.7 Å². The number of thioether (sulfide) groups is 1. The van der Waals surface area contributed by atoms with Gasteiger partial charge in [0.05, 0.1) is 5.69 Å². The lowest BCUT2D eigenvalue weighted by Crippen LogP contribution is -2.28. The summed E-state index contributed by atoms with van der Waals surface area (Å²) >= 11 is 7.69. The van der Waals surface area contributed by atoms with Crippen molar-refractivity contribution in [2.75, 3.05) is 11.6 Å². The Morgan fingerprint density at radius 1 is 1.29 bits per heavy atom. The summed E-state index contributed by atoms with van der Waals surface area (Å²) in [6, 6.07) is 4.57. The Morgan fingerprint density at radius 2 is 2.03 bits per heavy atom. The molecule has 0 unspecified atom stereocenters.